The van der Waals surface area contributed by atoms with E-state index < -0.39 is 0 Å². The van der Waals surface area contributed by atoms with Crippen LogP contribution in [0.3, 0.4) is 0 Å². The van der Waals surface area contributed by atoms with Gasteiger partial charge in [0.05, 0.1) is 0 Å². The summed E-state index contributed by atoms with van der Waals surface area (Å²) >= 11 is 0. The van der Waals surface area contributed by atoms with E-state index in [2.05, 4.69) is 26.1 Å². The topological polar surface area (TPSA) is 49.4 Å². The third-order valence-corrected chi connectivity index (χ3v) is 4.36. The Kier molecular flexibility index (Phi) is 3.40. The number of rotatable bonds is 2. The normalized spacial score (nSPS) is 34.4. The first kappa shape index (κ1) is 12.4. The Hall–Kier alpha value is -1.06. The minimum absolute atomic E-state index is 0.158. The second kappa shape index (κ2) is 4.67. The van der Waals surface area contributed by atoms with Gasteiger partial charge >= 0.3 is 6.03 Å². The molecule has 1 heterocycles. The molecular formula is C13H22N2O2. The Morgan fingerprint density at radius 3 is 2.53 bits per heavy atom. The highest BCUT2D eigenvalue weighted by Gasteiger charge is 2.39. The van der Waals surface area contributed by atoms with Gasteiger partial charge in [-0.1, -0.05) is 20.8 Å². The Bertz CT molecular complexity index is 327. The summed E-state index contributed by atoms with van der Waals surface area (Å²) in [7, 11) is 0. The Morgan fingerprint density at radius 1 is 1.29 bits per heavy atom. The fourth-order valence-electron chi connectivity index (χ4n) is 3.09. The summed E-state index contributed by atoms with van der Waals surface area (Å²) in [5, 5.41) is 2.38. The minimum Gasteiger partial charge on any atom is -0.312 e. The van der Waals surface area contributed by atoms with Gasteiger partial charge in [-0.3, -0.25) is 10.1 Å². The first-order chi connectivity index (χ1) is 7.99. The minimum atomic E-state index is -0.198. The van der Waals surface area contributed by atoms with E-state index in [-0.39, 0.29) is 24.5 Å². The summed E-state index contributed by atoms with van der Waals surface area (Å²) in [4.78, 5) is 24.7. The average Bonchev–Trinajstić information content (AvgIpc) is 2.58. The third kappa shape index (κ3) is 2.45. The number of carbonyl (C=O) groups excluding carboxylic acids is 2. The van der Waals surface area contributed by atoms with Gasteiger partial charge in [0, 0.05) is 6.04 Å². The molecule has 2 aliphatic rings. The summed E-state index contributed by atoms with van der Waals surface area (Å²) in [5.41, 5.74) is 0. The zero-order valence-electron chi connectivity index (χ0n) is 10.9. The van der Waals surface area contributed by atoms with Gasteiger partial charge < -0.3 is 4.90 Å². The highest BCUT2D eigenvalue weighted by atomic mass is 16.2. The number of nitrogens with zero attached hydrogens (tertiary/aromatic N) is 1. The van der Waals surface area contributed by atoms with Crippen molar-refractivity contribution in [3.63, 3.8) is 0 Å². The van der Waals surface area contributed by atoms with Gasteiger partial charge in [0.2, 0.25) is 5.91 Å². The number of carbonyl (C=O) groups is 2. The van der Waals surface area contributed by atoms with Gasteiger partial charge in [0.15, 0.2) is 0 Å². The molecule has 1 saturated heterocycles. The lowest BCUT2D eigenvalue weighted by molar-refractivity contribution is -0.118. The first-order valence-electron chi connectivity index (χ1n) is 6.59. The van der Waals surface area contributed by atoms with E-state index in [1.54, 1.807) is 4.90 Å². The molecule has 17 heavy (non-hydrogen) atoms. The molecule has 0 radical (unpaired) electrons. The van der Waals surface area contributed by atoms with Crippen molar-refractivity contribution in [1.82, 2.24) is 10.2 Å². The monoisotopic (exact) mass is 238 g/mol. The Morgan fingerprint density at radius 2 is 2.00 bits per heavy atom. The van der Waals surface area contributed by atoms with Crippen LogP contribution < -0.4 is 5.32 Å². The maximum absolute atomic E-state index is 11.7. The molecule has 0 aromatic rings. The molecular weight excluding hydrogens is 216 g/mol. The highest BCUT2D eigenvalue weighted by molar-refractivity contribution is 6.02. The van der Waals surface area contributed by atoms with Gasteiger partial charge in [0.25, 0.3) is 0 Å². The molecule has 4 heteroatoms. The van der Waals surface area contributed by atoms with E-state index in [1.165, 1.54) is 6.42 Å². The maximum atomic E-state index is 11.7. The zero-order valence-corrected chi connectivity index (χ0v) is 10.9. The highest BCUT2D eigenvalue weighted by Crippen LogP contribution is 2.36. The number of imide groups is 1. The van der Waals surface area contributed by atoms with E-state index in [4.69, 9.17) is 0 Å². The van der Waals surface area contributed by atoms with Crippen molar-refractivity contribution in [2.45, 2.75) is 46.1 Å². The molecule has 0 bridgehead atoms. The Balaban J connectivity index is 2.07. The van der Waals surface area contributed by atoms with Gasteiger partial charge in [-0.25, -0.2) is 4.79 Å². The van der Waals surface area contributed by atoms with Gasteiger partial charge in [-0.2, -0.15) is 0 Å². The number of urea groups is 1. The predicted molar refractivity (Wildman–Crippen MR) is 65.4 cm³/mol. The second-order valence-corrected chi connectivity index (χ2v) is 5.84. The molecule has 3 atom stereocenters. The smallest absolute Gasteiger partial charge is 0.312 e. The van der Waals surface area contributed by atoms with Crippen LogP contribution in [0.1, 0.15) is 40.0 Å². The predicted octanol–water partition coefficient (Wildman–Crippen LogP) is 2.00. The van der Waals surface area contributed by atoms with E-state index in [0.717, 1.165) is 12.8 Å². The number of nitrogens with one attached hydrogen (secondary N) is 1. The van der Waals surface area contributed by atoms with E-state index in [9.17, 15) is 9.59 Å². The van der Waals surface area contributed by atoms with Gasteiger partial charge in [0.1, 0.15) is 6.54 Å². The van der Waals surface area contributed by atoms with Crippen LogP contribution in [-0.4, -0.2) is 29.4 Å². The number of hydrogen-bond acceptors (Lipinski definition) is 2. The standard InChI is InChI=1S/C13H22N2O2/c1-8(2)10-5-4-9(3)11(6-10)15-7-12(16)14-13(15)17/h8-11H,4-7H2,1-3H3,(H,14,16,17). The summed E-state index contributed by atoms with van der Waals surface area (Å²) in [6.45, 7) is 6.93. The van der Waals surface area contributed by atoms with Crippen LogP contribution in [0, 0.1) is 17.8 Å². The molecule has 1 aliphatic heterocycles. The summed E-state index contributed by atoms with van der Waals surface area (Å²) < 4.78 is 0. The summed E-state index contributed by atoms with van der Waals surface area (Å²) in [5.74, 6) is 1.68. The lowest BCUT2D eigenvalue weighted by Gasteiger charge is -2.40. The van der Waals surface area contributed by atoms with E-state index in [0.29, 0.717) is 17.8 Å². The SMILES string of the molecule is CC(C)C1CCC(C)C(N2CC(=O)NC2=O)C1. The van der Waals surface area contributed by atoms with Crippen molar-refractivity contribution in [2.24, 2.45) is 17.8 Å². The van der Waals surface area contributed by atoms with Crippen LogP contribution in [0.2, 0.25) is 0 Å². The zero-order chi connectivity index (χ0) is 12.6. The van der Waals surface area contributed by atoms with Crippen LogP contribution in [0.25, 0.3) is 0 Å². The molecule has 3 amide bonds. The molecule has 1 saturated carbocycles. The number of hydrogen-bond donors (Lipinski definition) is 1. The molecule has 0 spiro atoms. The molecule has 0 aromatic carbocycles. The van der Waals surface area contributed by atoms with E-state index >= 15 is 0 Å². The molecule has 4 nitrogen and oxygen atoms in total. The van der Waals surface area contributed by atoms with Gasteiger partial charge in [-0.15, -0.1) is 0 Å². The lowest BCUT2D eigenvalue weighted by atomic mass is 9.74. The largest absolute Gasteiger partial charge is 0.324 e. The first-order valence-corrected chi connectivity index (χ1v) is 6.59. The Labute approximate surface area is 103 Å². The van der Waals surface area contributed by atoms with Crippen LogP contribution in [0.5, 0.6) is 0 Å². The van der Waals surface area contributed by atoms with Crippen molar-refractivity contribution in [1.29, 1.82) is 0 Å². The average molecular weight is 238 g/mol. The molecule has 1 aliphatic carbocycles. The van der Waals surface area contributed by atoms with Crippen LogP contribution in [0.4, 0.5) is 4.79 Å². The van der Waals surface area contributed by atoms with Crippen molar-refractivity contribution < 1.29 is 9.59 Å². The van der Waals surface area contributed by atoms with Crippen molar-refractivity contribution in [3.05, 3.63) is 0 Å². The molecule has 3 unspecified atom stereocenters. The van der Waals surface area contributed by atoms with Gasteiger partial charge in [-0.05, 0) is 37.0 Å². The molecule has 96 valence electrons. The van der Waals surface area contributed by atoms with Crippen molar-refractivity contribution in [2.75, 3.05) is 6.54 Å². The van der Waals surface area contributed by atoms with Crippen molar-refractivity contribution in [3.8, 4) is 0 Å². The fraction of sp³-hybridized carbons (Fsp3) is 0.846. The third-order valence-electron chi connectivity index (χ3n) is 4.36. The quantitative estimate of drug-likeness (QED) is 0.748. The van der Waals surface area contributed by atoms with Crippen LogP contribution in [0.15, 0.2) is 0 Å². The summed E-state index contributed by atoms with van der Waals surface area (Å²) in [6, 6.07) is 0.0406. The second-order valence-electron chi connectivity index (χ2n) is 5.84. The van der Waals surface area contributed by atoms with E-state index in [1.807, 2.05) is 0 Å². The molecule has 1 N–H and O–H groups in total. The molecule has 0 aromatic heterocycles. The van der Waals surface area contributed by atoms with Crippen LogP contribution in [-0.2, 0) is 4.79 Å². The maximum Gasteiger partial charge on any atom is 0.324 e. The van der Waals surface area contributed by atoms with Crippen LogP contribution >= 0.6 is 0 Å². The molecule has 2 fully saturated rings. The molecule has 2 rings (SSSR count). The number of amides is 3. The van der Waals surface area contributed by atoms with Crippen molar-refractivity contribution >= 4 is 11.9 Å². The summed E-state index contributed by atoms with van der Waals surface area (Å²) in [6.07, 6.45) is 3.45. The lowest BCUT2D eigenvalue weighted by Crippen LogP contribution is -2.45. The fourth-order valence-corrected chi connectivity index (χ4v) is 3.09.